The fourth-order valence-corrected chi connectivity index (χ4v) is 3.71. The molecule has 1 aliphatic heterocycles. The minimum Gasteiger partial charge on any atom is -0.485 e. The van der Waals surface area contributed by atoms with Gasteiger partial charge in [0.1, 0.15) is 13.2 Å². The number of nitrogens with two attached hydrogens (primary N) is 1. The van der Waals surface area contributed by atoms with Gasteiger partial charge in [0.15, 0.2) is 23.2 Å². The van der Waals surface area contributed by atoms with Gasteiger partial charge in [-0.2, -0.15) is 0 Å². The molecule has 3 N–H and O–H groups in total. The van der Waals surface area contributed by atoms with Crippen LogP contribution in [0.4, 0.5) is 5.82 Å². The maximum absolute atomic E-state index is 13.0. The number of carbonyl (C=O) groups excluding carboxylic acids is 1. The topological polar surface area (TPSA) is 119 Å². The van der Waals surface area contributed by atoms with E-state index in [2.05, 4.69) is 15.2 Å². The molecule has 30 heavy (non-hydrogen) atoms. The Morgan fingerprint density at radius 2 is 2.00 bits per heavy atom. The van der Waals surface area contributed by atoms with E-state index in [4.69, 9.17) is 33.7 Å². The number of aromatic nitrogens is 4. The Morgan fingerprint density at radius 1 is 1.23 bits per heavy atom. The van der Waals surface area contributed by atoms with Crippen LogP contribution in [0.3, 0.4) is 0 Å². The lowest BCUT2D eigenvalue weighted by atomic mass is 10.2. The number of hydrogen-bond acceptors (Lipinski definition) is 7. The molecule has 1 aliphatic rings. The van der Waals surface area contributed by atoms with Gasteiger partial charge in [0.25, 0.3) is 5.91 Å². The first-order valence-corrected chi connectivity index (χ1v) is 9.85. The summed E-state index contributed by atoms with van der Waals surface area (Å²) in [5.41, 5.74) is 6.87. The summed E-state index contributed by atoms with van der Waals surface area (Å²) in [5, 5.41) is 18.2. The van der Waals surface area contributed by atoms with Crippen LogP contribution in [0.25, 0.3) is 0 Å². The van der Waals surface area contributed by atoms with Crippen LogP contribution >= 0.6 is 23.2 Å². The zero-order valence-electron chi connectivity index (χ0n) is 15.8. The highest BCUT2D eigenvalue weighted by Crippen LogP contribution is 2.28. The van der Waals surface area contributed by atoms with Crippen LogP contribution in [0.2, 0.25) is 10.0 Å². The summed E-state index contributed by atoms with van der Waals surface area (Å²) in [6, 6.07) is 6.72. The number of halogens is 2. The van der Waals surface area contributed by atoms with Gasteiger partial charge in [-0.05, 0) is 18.2 Å². The molecule has 11 heteroatoms. The lowest BCUT2D eigenvalue weighted by Crippen LogP contribution is -2.38. The fraction of sp³-hybridized carbons (Fsp3) is 0.263. The molecule has 0 saturated carbocycles. The lowest BCUT2D eigenvalue weighted by molar-refractivity contribution is 0.0704. The highest BCUT2D eigenvalue weighted by Gasteiger charge is 2.26. The van der Waals surface area contributed by atoms with Gasteiger partial charge < -0.3 is 25.0 Å². The first-order valence-electron chi connectivity index (χ1n) is 9.10. The molecular weight excluding hydrogens is 431 g/mol. The van der Waals surface area contributed by atoms with Crippen molar-refractivity contribution in [2.45, 2.75) is 26.3 Å². The van der Waals surface area contributed by atoms with Crippen LogP contribution in [0.5, 0.6) is 5.75 Å². The summed E-state index contributed by atoms with van der Waals surface area (Å²) < 4.78 is 7.57. The molecule has 1 amide bonds. The summed E-state index contributed by atoms with van der Waals surface area (Å²) in [6.45, 7) is 1.12. The third-order valence-corrected chi connectivity index (χ3v) is 5.53. The van der Waals surface area contributed by atoms with Gasteiger partial charge in [0, 0.05) is 34.9 Å². The normalized spacial score (nSPS) is 13.2. The summed E-state index contributed by atoms with van der Waals surface area (Å²) in [7, 11) is 0. The summed E-state index contributed by atoms with van der Waals surface area (Å²) in [6.07, 6.45) is 1.41. The van der Waals surface area contributed by atoms with E-state index in [0.717, 1.165) is 0 Å². The largest absolute Gasteiger partial charge is 0.485 e. The Hall–Kier alpha value is -2.88. The first kappa shape index (κ1) is 20.4. The van der Waals surface area contributed by atoms with Crippen molar-refractivity contribution < 1.29 is 14.6 Å². The molecule has 4 rings (SSSR count). The molecule has 1 aromatic carbocycles. The lowest BCUT2D eigenvalue weighted by Gasteiger charge is -2.27. The molecule has 2 aromatic heterocycles. The van der Waals surface area contributed by atoms with Crippen LogP contribution < -0.4 is 10.5 Å². The first-order chi connectivity index (χ1) is 14.5. The number of anilines is 1. The number of aliphatic hydroxyl groups is 1. The van der Waals surface area contributed by atoms with E-state index in [0.29, 0.717) is 45.9 Å². The number of amides is 1. The highest BCUT2D eigenvalue weighted by atomic mass is 35.5. The number of fused-ring (bicyclic) bond motifs is 1. The monoisotopic (exact) mass is 448 g/mol. The van der Waals surface area contributed by atoms with E-state index in [1.54, 1.807) is 29.2 Å². The molecule has 0 fully saturated rings. The van der Waals surface area contributed by atoms with Crippen molar-refractivity contribution in [2.75, 3.05) is 12.3 Å². The molecule has 0 bridgehead atoms. The maximum Gasteiger partial charge on any atom is 0.256 e. The second-order valence-electron chi connectivity index (χ2n) is 6.67. The maximum atomic E-state index is 13.0. The number of ether oxygens (including phenoxy) is 1. The molecule has 3 aromatic rings. The smallest absolute Gasteiger partial charge is 0.256 e. The predicted molar refractivity (Wildman–Crippen MR) is 110 cm³/mol. The Kier molecular flexibility index (Phi) is 5.76. The molecule has 0 unspecified atom stereocenters. The van der Waals surface area contributed by atoms with Gasteiger partial charge in [-0.3, -0.25) is 4.79 Å². The Bertz CT molecular complexity index is 1080. The molecule has 0 atom stereocenters. The average Bonchev–Trinajstić information content (AvgIpc) is 3.16. The van der Waals surface area contributed by atoms with Crippen molar-refractivity contribution in [3.63, 3.8) is 0 Å². The van der Waals surface area contributed by atoms with Crippen molar-refractivity contribution in [1.29, 1.82) is 0 Å². The van der Waals surface area contributed by atoms with Crippen molar-refractivity contribution in [1.82, 2.24) is 24.6 Å². The number of hydrogen-bond donors (Lipinski definition) is 2. The van der Waals surface area contributed by atoms with E-state index >= 15 is 0 Å². The average molecular weight is 449 g/mol. The second kappa shape index (κ2) is 8.47. The third kappa shape index (κ3) is 3.91. The molecule has 156 valence electrons. The molecule has 9 nitrogen and oxygen atoms in total. The Labute approximate surface area is 182 Å². The molecule has 0 radical (unpaired) electrons. The van der Waals surface area contributed by atoms with Crippen molar-refractivity contribution in [2.24, 2.45) is 0 Å². The van der Waals surface area contributed by atoms with Gasteiger partial charge in [0.05, 0.1) is 12.1 Å². The highest BCUT2D eigenvalue weighted by molar-refractivity contribution is 6.35. The van der Waals surface area contributed by atoms with E-state index in [9.17, 15) is 9.90 Å². The number of nitrogens with zero attached hydrogens (tertiary/aromatic N) is 5. The quantitative estimate of drug-likeness (QED) is 0.614. The predicted octanol–water partition coefficient (Wildman–Crippen LogP) is 2.29. The van der Waals surface area contributed by atoms with E-state index in [1.165, 1.54) is 6.20 Å². The standard InChI is InChI=1S/C19H18Cl2N6O3/c20-13-2-1-3-14(21)12(13)10-30-15-6-11(7-23-18(15)22)19(29)26-4-5-27-16(8-26)24-25-17(27)9-28/h1-3,6-7,28H,4-5,8-10H2,(H2,22,23). The van der Waals surface area contributed by atoms with Crippen LogP contribution in [0, 0.1) is 0 Å². The zero-order chi connectivity index (χ0) is 21.3. The summed E-state index contributed by atoms with van der Waals surface area (Å²) >= 11 is 12.3. The Balaban J connectivity index is 1.51. The van der Waals surface area contributed by atoms with Crippen molar-refractivity contribution >= 4 is 34.9 Å². The Morgan fingerprint density at radius 3 is 2.73 bits per heavy atom. The SMILES string of the molecule is Nc1ncc(C(=O)N2CCn3c(CO)nnc3C2)cc1OCc1c(Cl)cccc1Cl. The summed E-state index contributed by atoms with van der Waals surface area (Å²) in [4.78, 5) is 18.7. The zero-order valence-corrected chi connectivity index (χ0v) is 17.3. The van der Waals surface area contributed by atoms with E-state index in [-0.39, 0.29) is 37.2 Å². The van der Waals surface area contributed by atoms with Crippen molar-refractivity contribution in [3.05, 3.63) is 63.3 Å². The minimum atomic E-state index is -0.233. The summed E-state index contributed by atoms with van der Waals surface area (Å²) in [5.74, 6) is 1.29. The van der Waals surface area contributed by atoms with Gasteiger partial charge in [-0.15, -0.1) is 10.2 Å². The van der Waals surface area contributed by atoms with E-state index in [1.807, 2.05) is 4.57 Å². The number of pyridine rings is 1. The molecule has 3 heterocycles. The van der Waals surface area contributed by atoms with Crippen molar-refractivity contribution in [3.8, 4) is 5.75 Å². The number of nitrogen functional groups attached to an aromatic ring is 1. The van der Waals surface area contributed by atoms with E-state index < -0.39 is 0 Å². The van der Waals surface area contributed by atoms with Crippen LogP contribution in [-0.4, -0.2) is 42.2 Å². The number of rotatable bonds is 5. The third-order valence-electron chi connectivity index (χ3n) is 4.82. The number of benzene rings is 1. The molecule has 0 saturated heterocycles. The van der Waals surface area contributed by atoms with Crippen LogP contribution in [-0.2, 0) is 26.3 Å². The second-order valence-corrected chi connectivity index (χ2v) is 7.48. The van der Waals surface area contributed by atoms with Gasteiger partial charge in [-0.25, -0.2) is 4.98 Å². The molecular formula is C19H18Cl2N6O3. The van der Waals surface area contributed by atoms with Gasteiger partial charge >= 0.3 is 0 Å². The van der Waals surface area contributed by atoms with Gasteiger partial charge in [-0.1, -0.05) is 29.3 Å². The molecule has 0 aliphatic carbocycles. The number of carbonyl (C=O) groups is 1. The fourth-order valence-electron chi connectivity index (χ4n) is 3.20. The van der Waals surface area contributed by atoms with Gasteiger partial charge in [0.2, 0.25) is 0 Å². The van der Waals surface area contributed by atoms with Crippen LogP contribution in [0.1, 0.15) is 27.6 Å². The van der Waals surface area contributed by atoms with Crippen LogP contribution in [0.15, 0.2) is 30.5 Å². The minimum absolute atomic E-state index is 0.0821. The number of aliphatic hydroxyl groups excluding tert-OH is 1. The molecule has 0 spiro atoms.